The molecule has 22 heavy (non-hydrogen) atoms. The molecule has 0 spiro atoms. The summed E-state index contributed by atoms with van der Waals surface area (Å²) in [6.07, 6.45) is 3.97. The topological polar surface area (TPSA) is 47.3 Å². The number of rotatable bonds is 6. The second-order valence-electron chi connectivity index (χ2n) is 5.92. The van der Waals surface area contributed by atoms with E-state index in [2.05, 4.69) is 12.6 Å². The monoisotopic (exact) mass is 305 g/mol. The first-order chi connectivity index (χ1) is 10.3. The lowest BCUT2D eigenvalue weighted by molar-refractivity contribution is -0.138. The minimum absolute atomic E-state index is 0.144. The summed E-state index contributed by atoms with van der Waals surface area (Å²) in [4.78, 5) is 11.5. The predicted molar refractivity (Wildman–Crippen MR) is 85.1 cm³/mol. The van der Waals surface area contributed by atoms with Gasteiger partial charge in [0, 0.05) is 17.7 Å². The van der Waals surface area contributed by atoms with Crippen LogP contribution in [0.4, 0.5) is 4.39 Å². The van der Waals surface area contributed by atoms with Crippen molar-refractivity contribution in [1.29, 1.82) is 5.26 Å². The smallest absolute Gasteiger partial charge is 0.224 e. The van der Waals surface area contributed by atoms with Crippen LogP contribution >= 0.6 is 0 Å². The van der Waals surface area contributed by atoms with Crippen LogP contribution in [0.15, 0.2) is 35.2 Å². The van der Waals surface area contributed by atoms with E-state index in [-0.39, 0.29) is 12.4 Å². The van der Waals surface area contributed by atoms with Gasteiger partial charge in [-0.1, -0.05) is 12.7 Å². The van der Waals surface area contributed by atoms with Gasteiger partial charge in [0.25, 0.3) is 0 Å². The molecule has 0 aliphatic carbocycles. The van der Waals surface area contributed by atoms with Crippen LogP contribution in [-0.2, 0) is 4.79 Å². The molecule has 0 radical (unpaired) electrons. The third-order valence-corrected chi connectivity index (χ3v) is 4.22. The van der Waals surface area contributed by atoms with E-state index in [9.17, 15) is 9.18 Å². The molecule has 1 fully saturated rings. The van der Waals surface area contributed by atoms with Gasteiger partial charge in [-0.25, -0.2) is 9.40 Å². The number of nitrogens with zero attached hydrogens (tertiary/aromatic N) is 3. The molecular formula is C17H24FN3O. The van der Waals surface area contributed by atoms with E-state index in [0.717, 1.165) is 12.8 Å². The molecule has 120 valence electrons. The van der Waals surface area contributed by atoms with E-state index >= 15 is 0 Å². The second kappa shape index (κ2) is 7.37. The fraction of sp³-hybridized carbons (Fsp3) is 0.529. The number of hydrogen-bond acceptors (Lipinski definition) is 3. The largest absolute Gasteiger partial charge is 0.277 e. The van der Waals surface area contributed by atoms with Gasteiger partial charge in [-0.2, -0.15) is 5.26 Å². The minimum atomic E-state index is -0.587. The van der Waals surface area contributed by atoms with Crippen molar-refractivity contribution in [3.63, 3.8) is 0 Å². The van der Waals surface area contributed by atoms with Gasteiger partial charge >= 0.3 is 0 Å². The molecule has 1 aliphatic rings. The van der Waals surface area contributed by atoms with Gasteiger partial charge in [-0.05, 0) is 46.1 Å². The summed E-state index contributed by atoms with van der Waals surface area (Å²) in [7, 11) is 0. The Morgan fingerprint density at radius 1 is 1.55 bits per heavy atom. The number of hydrogen-bond donors (Lipinski definition) is 0. The Morgan fingerprint density at radius 2 is 2.18 bits per heavy atom. The molecule has 1 aliphatic heterocycles. The molecule has 0 saturated carbocycles. The maximum atomic E-state index is 14.2. The number of halogens is 1. The van der Waals surface area contributed by atoms with Crippen LogP contribution in [0.25, 0.3) is 0 Å². The Balaban J connectivity index is 3.07. The fourth-order valence-electron chi connectivity index (χ4n) is 2.75. The molecule has 1 amide bonds. The predicted octanol–water partition coefficient (Wildman–Crippen LogP) is 3.50. The average Bonchev–Trinajstić information content (AvgIpc) is 2.90. The molecular weight excluding hydrogens is 281 g/mol. The fourth-order valence-corrected chi connectivity index (χ4v) is 2.75. The summed E-state index contributed by atoms with van der Waals surface area (Å²) < 4.78 is 14.2. The van der Waals surface area contributed by atoms with Crippen molar-refractivity contribution in [1.82, 2.24) is 10.0 Å². The zero-order valence-electron chi connectivity index (χ0n) is 13.8. The van der Waals surface area contributed by atoms with E-state index in [1.54, 1.807) is 26.8 Å². The van der Waals surface area contributed by atoms with Crippen molar-refractivity contribution in [2.75, 3.05) is 13.1 Å². The Kier molecular flexibility index (Phi) is 6.07. The highest BCUT2D eigenvalue weighted by molar-refractivity contribution is 5.49. The maximum absolute atomic E-state index is 14.2. The highest BCUT2D eigenvalue weighted by atomic mass is 19.1. The van der Waals surface area contributed by atoms with Gasteiger partial charge in [-0.3, -0.25) is 9.80 Å². The van der Waals surface area contributed by atoms with Crippen LogP contribution in [0.1, 0.15) is 40.5 Å². The average molecular weight is 305 g/mol. The quantitative estimate of drug-likeness (QED) is 0.428. The van der Waals surface area contributed by atoms with Crippen molar-refractivity contribution in [2.45, 2.75) is 46.1 Å². The third-order valence-electron chi connectivity index (χ3n) is 4.22. The molecule has 0 aromatic carbocycles. The summed E-state index contributed by atoms with van der Waals surface area (Å²) in [5.41, 5.74) is 0.866. The summed E-state index contributed by atoms with van der Waals surface area (Å²) in [5, 5.41) is 12.4. The lowest BCUT2D eigenvalue weighted by Crippen LogP contribution is -2.53. The Morgan fingerprint density at radius 3 is 2.64 bits per heavy atom. The van der Waals surface area contributed by atoms with Crippen LogP contribution in [0.3, 0.4) is 0 Å². The molecule has 1 rings (SSSR count). The Labute approximate surface area is 132 Å². The Bertz CT molecular complexity index is 555. The maximum Gasteiger partial charge on any atom is 0.224 e. The SMILES string of the molecule is C=C(C#N)C1(C)CCCN1N(C=O)C/C(=C/C)C(F)=C(C)C. The lowest BCUT2D eigenvalue weighted by atomic mass is 9.92. The highest BCUT2D eigenvalue weighted by Crippen LogP contribution is 2.35. The first-order valence-corrected chi connectivity index (χ1v) is 7.39. The van der Waals surface area contributed by atoms with Gasteiger partial charge in [0.05, 0.1) is 18.2 Å². The molecule has 0 aromatic heterocycles. The molecule has 4 nitrogen and oxygen atoms in total. The van der Waals surface area contributed by atoms with Crippen molar-refractivity contribution in [2.24, 2.45) is 0 Å². The first-order valence-electron chi connectivity index (χ1n) is 7.39. The number of amides is 1. The molecule has 1 saturated heterocycles. The molecule has 0 aromatic rings. The second-order valence-corrected chi connectivity index (χ2v) is 5.92. The van der Waals surface area contributed by atoms with Crippen LogP contribution in [0, 0.1) is 11.3 Å². The van der Waals surface area contributed by atoms with Crippen LogP contribution in [0.5, 0.6) is 0 Å². The van der Waals surface area contributed by atoms with Gasteiger partial charge in [0.2, 0.25) is 6.41 Å². The molecule has 0 N–H and O–H groups in total. The zero-order valence-corrected chi connectivity index (χ0v) is 13.8. The first kappa shape index (κ1) is 18.1. The van der Waals surface area contributed by atoms with Crippen LogP contribution in [0.2, 0.25) is 0 Å². The highest BCUT2D eigenvalue weighted by Gasteiger charge is 2.42. The van der Waals surface area contributed by atoms with E-state index in [4.69, 9.17) is 5.26 Å². The molecule has 0 bridgehead atoms. The summed E-state index contributed by atoms with van der Waals surface area (Å²) in [6, 6.07) is 2.09. The van der Waals surface area contributed by atoms with Gasteiger partial charge in [0.1, 0.15) is 5.83 Å². The molecule has 1 atom stereocenters. The number of hydrazine groups is 1. The summed E-state index contributed by atoms with van der Waals surface area (Å²) in [5.74, 6) is -0.297. The van der Waals surface area contributed by atoms with E-state index < -0.39 is 5.54 Å². The van der Waals surface area contributed by atoms with E-state index in [1.807, 2.05) is 11.9 Å². The summed E-state index contributed by atoms with van der Waals surface area (Å²) >= 11 is 0. The van der Waals surface area contributed by atoms with Crippen molar-refractivity contribution in [3.05, 3.63) is 35.2 Å². The van der Waals surface area contributed by atoms with E-state index in [0.29, 0.717) is 29.7 Å². The van der Waals surface area contributed by atoms with Crippen molar-refractivity contribution >= 4 is 6.41 Å². The van der Waals surface area contributed by atoms with Gasteiger partial charge < -0.3 is 0 Å². The summed E-state index contributed by atoms with van der Waals surface area (Å²) in [6.45, 7) is 11.6. The minimum Gasteiger partial charge on any atom is -0.277 e. The molecule has 1 heterocycles. The van der Waals surface area contributed by atoms with Gasteiger partial charge in [0.15, 0.2) is 0 Å². The normalized spacial score (nSPS) is 22.1. The standard InChI is InChI=1S/C17H24FN3O/c1-6-15(16(18)13(2)3)11-20(12-22)21-9-7-8-17(21,5)14(4)10-19/h6,12H,4,7-9,11H2,1-3,5H3/b15-6-. The van der Waals surface area contributed by atoms with Crippen molar-refractivity contribution < 1.29 is 9.18 Å². The lowest BCUT2D eigenvalue weighted by Gasteiger charge is -2.40. The van der Waals surface area contributed by atoms with Crippen LogP contribution in [-0.4, -0.2) is 35.1 Å². The van der Waals surface area contributed by atoms with Crippen molar-refractivity contribution in [3.8, 4) is 6.07 Å². The third kappa shape index (κ3) is 3.45. The van der Waals surface area contributed by atoms with Crippen LogP contribution < -0.4 is 0 Å². The number of carbonyl (C=O) groups is 1. The zero-order chi connectivity index (χ0) is 16.9. The number of allylic oxidation sites excluding steroid dienone is 2. The van der Waals surface area contributed by atoms with Gasteiger partial charge in [-0.15, -0.1) is 0 Å². The Hall–Kier alpha value is -1.93. The number of nitriles is 1. The molecule has 1 unspecified atom stereocenters. The molecule has 5 heteroatoms. The van der Waals surface area contributed by atoms with E-state index in [1.165, 1.54) is 5.01 Å². The number of carbonyl (C=O) groups excluding carboxylic acids is 1.